The average molecular weight is 271 g/mol. The molecule has 1 aromatic heterocycles. The zero-order valence-corrected chi connectivity index (χ0v) is 11.5. The van der Waals surface area contributed by atoms with Crippen molar-refractivity contribution in [2.45, 2.75) is 13.5 Å². The molecule has 1 aromatic carbocycles. The third-order valence-corrected chi connectivity index (χ3v) is 2.79. The van der Waals surface area contributed by atoms with Gasteiger partial charge in [0.15, 0.2) is 0 Å². The van der Waals surface area contributed by atoms with Crippen LogP contribution in [-0.4, -0.2) is 18.2 Å². The lowest BCUT2D eigenvalue weighted by atomic mass is 10.2. The molecular formula is C15H17N3O2. The quantitative estimate of drug-likeness (QED) is 0.896. The molecule has 0 bridgehead atoms. The third-order valence-electron chi connectivity index (χ3n) is 2.79. The number of aryl methyl sites for hydroxylation is 1. The molecule has 0 aliphatic rings. The molecule has 5 nitrogen and oxygen atoms in total. The van der Waals surface area contributed by atoms with Gasteiger partial charge in [0, 0.05) is 29.8 Å². The van der Waals surface area contributed by atoms with Gasteiger partial charge in [-0.3, -0.25) is 10.3 Å². The topological polar surface area (TPSA) is 63.2 Å². The summed E-state index contributed by atoms with van der Waals surface area (Å²) in [6, 6.07) is 11.4. The Morgan fingerprint density at radius 2 is 1.85 bits per heavy atom. The maximum absolute atomic E-state index is 11.0. The van der Waals surface area contributed by atoms with Crippen molar-refractivity contribution < 1.29 is 9.53 Å². The van der Waals surface area contributed by atoms with E-state index < -0.39 is 6.09 Å². The molecule has 20 heavy (non-hydrogen) atoms. The first-order chi connectivity index (χ1) is 9.67. The van der Waals surface area contributed by atoms with Gasteiger partial charge in [0.1, 0.15) is 0 Å². The van der Waals surface area contributed by atoms with Crippen LogP contribution in [0.5, 0.6) is 0 Å². The van der Waals surface area contributed by atoms with Crippen LogP contribution in [0.4, 0.5) is 16.2 Å². The fourth-order valence-electron chi connectivity index (χ4n) is 1.65. The zero-order valence-electron chi connectivity index (χ0n) is 11.5. The number of aromatic nitrogens is 1. The zero-order chi connectivity index (χ0) is 14.4. The van der Waals surface area contributed by atoms with Crippen molar-refractivity contribution in [1.29, 1.82) is 0 Å². The molecule has 0 saturated heterocycles. The Hall–Kier alpha value is -2.56. The monoisotopic (exact) mass is 271 g/mol. The van der Waals surface area contributed by atoms with Crippen molar-refractivity contribution in [2.24, 2.45) is 0 Å². The second kappa shape index (κ2) is 6.56. The summed E-state index contributed by atoms with van der Waals surface area (Å²) in [4.78, 5) is 15.3. The van der Waals surface area contributed by atoms with E-state index >= 15 is 0 Å². The van der Waals surface area contributed by atoms with E-state index in [0.29, 0.717) is 12.2 Å². The Labute approximate surface area is 118 Å². The molecule has 0 aliphatic heterocycles. The van der Waals surface area contributed by atoms with Gasteiger partial charge in [-0.05, 0) is 42.8 Å². The van der Waals surface area contributed by atoms with E-state index in [1.807, 2.05) is 49.5 Å². The van der Waals surface area contributed by atoms with Gasteiger partial charge in [0.05, 0.1) is 7.11 Å². The fraction of sp³-hybridized carbons (Fsp3) is 0.200. The van der Waals surface area contributed by atoms with Crippen molar-refractivity contribution in [3.63, 3.8) is 0 Å². The summed E-state index contributed by atoms with van der Waals surface area (Å²) in [6.07, 6.45) is 1.38. The number of nitrogens with zero attached hydrogens (tertiary/aromatic N) is 1. The van der Waals surface area contributed by atoms with Crippen molar-refractivity contribution >= 4 is 17.5 Å². The van der Waals surface area contributed by atoms with Crippen molar-refractivity contribution in [3.05, 3.63) is 53.9 Å². The van der Waals surface area contributed by atoms with Crippen LogP contribution in [0.1, 0.15) is 11.3 Å². The number of ether oxygens (including phenoxy) is 1. The fourth-order valence-corrected chi connectivity index (χ4v) is 1.65. The maximum atomic E-state index is 11.0. The first-order valence-corrected chi connectivity index (χ1v) is 6.28. The van der Waals surface area contributed by atoms with E-state index in [-0.39, 0.29) is 0 Å². The predicted molar refractivity (Wildman–Crippen MR) is 78.8 cm³/mol. The van der Waals surface area contributed by atoms with Crippen LogP contribution in [0.25, 0.3) is 0 Å². The van der Waals surface area contributed by atoms with Gasteiger partial charge in [0.2, 0.25) is 0 Å². The van der Waals surface area contributed by atoms with E-state index in [9.17, 15) is 4.79 Å². The van der Waals surface area contributed by atoms with Crippen LogP contribution >= 0.6 is 0 Å². The van der Waals surface area contributed by atoms with Crippen LogP contribution in [-0.2, 0) is 11.3 Å². The van der Waals surface area contributed by atoms with Crippen molar-refractivity contribution in [1.82, 2.24) is 4.98 Å². The Balaban J connectivity index is 1.90. The molecule has 2 rings (SSSR count). The SMILES string of the molecule is COC(=O)Nc1ccc(NCc2ccc(C)nc2)cc1. The van der Waals surface area contributed by atoms with Gasteiger partial charge in [-0.2, -0.15) is 0 Å². The molecule has 0 spiro atoms. The number of anilines is 2. The summed E-state index contributed by atoms with van der Waals surface area (Å²) in [5, 5.41) is 5.89. The Morgan fingerprint density at radius 1 is 1.15 bits per heavy atom. The highest BCUT2D eigenvalue weighted by Gasteiger charge is 2.00. The average Bonchev–Trinajstić information content (AvgIpc) is 2.48. The number of nitrogens with one attached hydrogen (secondary N) is 2. The first-order valence-electron chi connectivity index (χ1n) is 6.28. The molecule has 1 heterocycles. The van der Waals surface area contributed by atoms with Crippen molar-refractivity contribution in [2.75, 3.05) is 17.7 Å². The van der Waals surface area contributed by atoms with Gasteiger partial charge in [-0.1, -0.05) is 6.07 Å². The standard InChI is InChI=1S/C15H17N3O2/c1-11-3-4-12(9-16-11)10-17-13-5-7-14(8-6-13)18-15(19)20-2/h3-9,17H,10H2,1-2H3,(H,18,19). The van der Waals surface area contributed by atoms with Gasteiger partial charge < -0.3 is 10.1 Å². The molecule has 5 heteroatoms. The highest BCUT2D eigenvalue weighted by atomic mass is 16.5. The first kappa shape index (κ1) is 13.9. The molecule has 1 amide bonds. The largest absolute Gasteiger partial charge is 0.453 e. The van der Waals surface area contributed by atoms with Crippen LogP contribution in [0.2, 0.25) is 0 Å². The van der Waals surface area contributed by atoms with E-state index in [0.717, 1.165) is 16.9 Å². The second-order valence-electron chi connectivity index (χ2n) is 4.36. The molecule has 0 aliphatic carbocycles. The number of benzene rings is 1. The van der Waals surface area contributed by atoms with Crippen LogP contribution < -0.4 is 10.6 Å². The number of carbonyl (C=O) groups is 1. The van der Waals surface area contributed by atoms with Gasteiger partial charge in [0.25, 0.3) is 0 Å². The highest BCUT2D eigenvalue weighted by molar-refractivity contribution is 5.84. The van der Waals surface area contributed by atoms with Gasteiger partial charge in [-0.25, -0.2) is 4.79 Å². The van der Waals surface area contributed by atoms with E-state index in [1.54, 1.807) is 0 Å². The lowest BCUT2D eigenvalue weighted by molar-refractivity contribution is 0.187. The maximum Gasteiger partial charge on any atom is 0.411 e. The number of hydrogen-bond donors (Lipinski definition) is 2. The van der Waals surface area contributed by atoms with Crippen LogP contribution in [0.3, 0.4) is 0 Å². The minimum Gasteiger partial charge on any atom is -0.453 e. The lowest BCUT2D eigenvalue weighted by Crippen LogP contribution is -2.10. The van der Waals surface area contributed by atoms with Gasteiger partial charge in [-0.15, -0.1) is 0 Å². The van der Waals surface area contributed by atoms with E-state index in [2.05, 4.69) is 20.4 Å². The number of methoxy groups -OCH3 is 1. The summed E-state index contributed by atoms with van der Waals surface area (Å²) in [5.41, 5.74) is 3.79. The van der Waals surface area contributed by atoms with E-state index in [1.165, 1.54) is 7.11 Å². The molecule has 104 valence electrons. The van der Waals surface area contributed by atoms with Crippen LogP contribution in [0, 0.1) is 6.92 Å². The molecule has 0 atom stereocenters. The minimum atomic E-state index is -0.476. The number of pyridine rings is 1. The second-order valence-corrected chi connectivity index (χ2v) is 4.36. The highest BCUT2D eigenvalue weighted by Crippen LogP contribution is 2.14. The molecular weight excluding hydrogens is 254 g/mol. The van der Waals surface area contributed by atoms with Crippen molar-refractivity contribution in [3.8, 4) is 0 Å². The third kappa shape index (κ3) is 3.98. The summed E-state index contributed by atoms with van der Waals surface area (Å²) < 4.78 is 4.53. The normalized spacial score (nSPS) is 9.90. The Bertz CT molecular complexity index is 565. The smallest absolute Gasteiger partial charge is 0.411 e. The molecule has 0 saturated carbocycles. The Kier molecular flexibility index (Phi) is 4.55. The summed E-state index contributed by atoms with van der Waals surface area (Å²) in [7, 11) is 1.33. The molecule has 2 N–H and O–H groups in total. The summed E-state index contributed by atoms with van der Waals surface area (Å²) >= 11 is 0. The van der Waals surface area contributed by atoms with Crippen LogP contribution in [0.15, 0.2) is 42.6 Å². The summed E-state index contributed by atoms with van der Waals surface area (Å²) in [6.45, 7) is 2.67. The number of rotatable bonds is 4. The predicted octanol–water partition coefficient (Wildman–Crippen LogP) is 3.18. The molecule has 2 aromatic rings. The minimum absolute atomic E-state index is 0.476. The lowest BCUT2D eigenvalue weighted by Gasteiger charge is -2.08. The molecule has 0 radical (unpaired) electrons. The number of carbonyl (C=O) groups excluding carboxylic acids is 1. The Morgan fingerprint density at radius 3 is 2.45 bits per heavy atom. The van der Waals surface area contributed by atoms with E-state index in [4.69, 9.17) is 0 Å². The molecule has 0 fully saturated rings. The summed E-state index contributed by atoms with van der Waals surface area (Å²) in [5.74, 6) is 0. The molecule has 0 unspecified atom stereocenters. The number of amides is 1. The van der Waals surface area contributed by atoms with Gasteiger partial charge >= 0.3 is 6.09 Å². The number of hydrogen-bond acceptors (Lipinski definition) is 4.